The molecule has 0 aliphatic carbocycles. The molecule has 0 amide bonds. The highest BCUT2D eigenvalue weighted by Crippen LogP contribution is 2.23. The summed E-state index contributed by atoms with van der Waals surface area (Å²) in [7, 11) is 0. The van der Waals surface area contributed by atoms with Gasteiger partial charge in [-0.05, 0) is 31.0 Å². The van der Waals surface area contributed by atoms with Crippen LogP contribution in [0.2, 0.25) is 0 Å². The summed E-state index contributed by atoms with van der Waals surface area (Å²) < 4.78 is 0. The molecule has 4 heteroatoms. The third-order valence-electron chi connectivity index (χ3n) is 3.78. The summed E-state index contributed by atoms with van der Waals surface area (Å²) in [5, 5.41) is 1.19. The van der Waals surface area contributed by atoms with Crippen molar-refractivity contribution < 1.29 is 0 Å². The molecule has 1 fully saturated rings. The summed E-state index contributed by atoms with van der Waals surface area (Å²) in [6, 6.07) is 10.6. The fourth-order valence-corrected chi connectivity index (χ4v) is 3.12. The van der Waals surface area contributed by atoms with E-state index in [4.69, 9.17) is 18.0 Å². The van der Waals surface area contributed by atoms with Crippen LogP contribution in [0.15, 0.2) is 36.5 Å². The molecular weight excluding hydrogens is 254 g/mol. The number of rotatable bonds is 3. The van der Waals surface area contributed by atoms with Gasteiger partial charge in [-0.15, -0.1) is 0 Å². The van der Waals surface area contributed by atoms with E-state index in [1.807, 2.05) is 12.3 Å². The van der Waals surface area contributed by atoms with Gasteiger partial charge in [0, 0.05) is 18.1 Å². The van der Waals surface area contributed by atoms with Crippen LogP contribution in [0, 0.1) is 0 Å². The lowest BCUT2D eigenvalue weighted by atomic mass is 10.1. The molecule has 1 aliphatic heterocycles. The highest BCUT2D eigenvalue weighted by molar-refractivity contribution is 7.80. The second-order valence-electron chi connectivity index (χ2n) is 5.02. The molecule has 1 aromatic heterocycles. The molecule has 2 aromatic rings. The van der Waals surface area contributed by atoms with Crippen molar-refractivity contribution in [1.82, 2.24) is 9.88 Å². The van der Waals surface area contributed by atoms with Crippen LogP contribution in [0.3, 0.4) is 0 Å². The summed E-state index contributed by atoms with van der Waals surface area (Å²) in [6.45, 7) is 1.93. The predicted molar refractivity (Wildman–Crippen MR) is 82.0 cm³/mol. The lowest BCUT2D eigenvalue weighted by Crippen LogP contribution is -2.38. The standard InChI is InChI=1S/C15H17N3S/c16-15(19)13-7-3-9-18(13)10-12-5-1-4-11-6-2-8-17-14(11)12/h1-2,4-6,8,13H,3,7,9-10H2,(H2,16,19). The van der Waals surface area contributed by atoms with Crippen LogP contribution in [-0.2, 0) is 6.54 Å². The van der Waals surface area contributed by atoms with E-state index in [0.29, 0.717) is 4.99 Å². The minimum Gasteiger partial charge on any atom is -0.392 e. The Hall–Kier alpha value is -1.52. The number of hydrogen-bond donors (Lipinski definition) is 1. The quantitative estimate of drug-likeness (QED) is 0.871. The van der Waals surface area contributed by atoms with Crippen LogP contribution < -0.4 is 5.73 Å². The summed E-state index contributed by atoms with van der Waals surface area (Å²) in [5.74, 6) is 0. The maximum atomic E-state index is 5.83. The smallest absolute Gasteiger partial charge is 0.0902 e. The van der Waals surface area contributed by atoms with Gasteiger partial charge in [0.15, 0.2) is 0 Å². The summed E-state index contributed by atoms with van der Waals surface area (Å²) in [4.78, 5) is 7.49. The number of likely N-dealkylation sites (tertiary alicyclic amines) is 1. The van der Waals surface area contributed by atoms with E-state index in [0.717, 1.165) is 25.0 Å². The van der Waals surface area contributed by atoms with Crippen molar-refractivity contribution in [3.8, 4) is 0 Å². The third kappa shape index (κ3) is 2.46. The number of thiocarbonyl (C=S) groups is 1. The van der Waals surface area contributed by atoms with Gasteiger partial charge in [0.05, 0.1) is 16.5 Å². The topological polar surface area (TPSA) is 42.1 Å². The van der Waals surface area contributed by atoms with Crippen molar-refractivity contribution in [2.45, 2.75) is 25.4 Å². The van der Waals surface area contributed by atoms with E-state index in [1.165, 1.54) is 17.4 Å². The Morgan fingerprint density at radius 1 is 1.37 bits per heavy atom. The van der Waals surface area contributed by atoms with Crippen LogP contribution in [0.5, 0.6) is 0 Å². The van der Waals surface area contributed by atoms with E-state index in [9.17, 15) is 0 Å². The molecule has 3 nitrogen and oxygen atoms in total. The third-order valence-corrected chi connectivity index (χ3v) is 4.05. The minimum atomic E-state index is 0.244. The van der Waals surface area contributed by atoms with Gasteiger partial charge in [0.2, 0.25) is 0 Å². The van der Waals surface area contributed by atoms with E-state index in [-0.39, 0.29) is 6.04 Å². The maximum absolute atomic E-state index is 5.83. The molecule has 1 atom stereocenters. The lowest BCUT2D eigenvalue weighted by Gasteiger charge is -2.23. The lowest BCUT2D eigenvalue weighted by molar-refractivity contribution is 0.296. The van der Waals surface area contributed by atoms with Gasteiger partial charge >= 0.3 is 0 Å². The Kier molecular flexibility index (Phi) is 3.44. The van der Waals surface area contributed by atoms with Crippen molar-refractivity contribution in [3.05, 3.63) is 42.1 Å². The molecule has 0 bridgehead atoms. The minimum absolute atomic E-state index is 0.244. The molecule has 1 aliphatic rings. The number of benzene rings is 1. The van der Waals surface area contributed by atoms with Crippen molar-refractivity contribution in [1.29, 1.82) is 0 Å². The number of nitrogens with zero attached hydrogens (tertiary/aromatic N) is 2. The van der Waals surface area contributed by atoms with Gasteiger partial charge in [-0.1, -0.05) is 36.5 Å². The first kappa shape index (κ1) is 12.5. The number of fused-ring (bicyclic) bond motifs is 1. The van der Waals surface area contributed by atoms with Crippen molar-refractivity contribution in [2.24, 2.45) is 5.73 Å². The van der Waals surface area contributed by atoms with Crippen molar-refractivity contribution in [3.63, 3.8) is 0 Å². The Morgan fingerprint density at radius 2 is 2.21 bits per heavy atom. The Balaban J connectivity index is 1.91. The molecule has 1 aromatic carbocycles. The number of hydrogen-bond acceptors (Lipinski definition) is 3. The van der Waals surface area contributed by atoms with Crippen LogP contribution in [0.4, 0.5) is 0 Å². The molecule has 98 valence electrons. The predicted octanol–water partition coefficient (Wildman–Crippen LogP) is 2.49. The van der Waals surface area contributed by atoms with Crippen molar-refractivity contribution in [2.75, 3.05) is 6.54 Å². The largest absolute Gasteiger partial charge is 0.392 e. The highest BCUT2D eigenvalue weighted by atomic mass is 32.1. The number of aromatic nitrogens is 1. The fraction of sp³-hybridized carbons (Fsp3) is 0.333. The zero-order chi connectivity index (χ0) is 13.2. The van der Waals surface area contributed by atoms with E-state index < -0.39 is 0 Å². The van der Waals surface area contributed by atoms with Gasteiger partial charge in [-0.3, -0.25) is 9.88 Å². The van der Waals surface area contributed by atoms with Crippen LogP contribution in [0.25, 0.3) is 10.9 Å². The Labute approximate surface area is 118 Å². The van der Waals surface area contributed by atoms with Gasteiger partial charge in [-0.2, -0.15) is 0 Å². The van der Waals surface area contributed by atoms with Crippen LogP contribution in [-0.4, -0.2) is 27.5 Å². The fourth-order valence-electron chi connectivity index (χ4n) is 2.85. The number of nitrogens with two attached hydrogens (primary N) is 1. The van der Waals surface area contributed by atoms with Gasteiger partial charge in [0.1, 0.15) is 0 Å². The first-order valence-electron chi connectivity index (χ1n) is 6.62. The number of para-hydroxylation sites is 1. The Morgan fingerprint density at radius 3 is 3.05 bits per heavy atom. The highest BCUT2D eigenvalue weighted by Gasteiger charge is 2.26. The second kappa shape index (κ2) is 5.23. The zero-order valence-corrected chi connectivity index (χ0v) is 11.6. The molecule has 0 spiro atoms. The second-order valence-corrected chi connectivity index (χ2v) is 5.49. The Bertz CT molecular complexity index is 606. The monoisotopic (exact) mass is 271 g/mol. The van der Waals surface area contributed by atoms with E-state index in [2.05, 4.69) is 34.1 Å². The van der Waals surface area contributed by atoms with Gasteiger partial charge in [-0.25, -0.2) is 0 Å². The molecule has 1 unspecified atom stereocenters. The molecule has 2 N–H and O–H groups in total. The maximum Gasteiger partial charge on any atom is 0.0902 e. The molecule has 1 saturated heterocycles. The summed E-state index contributed by atoms with van der Waals surface area (Å²) in [5.41, 5.74) is 8.16. The molecule has 19 heavy (non-hydrogen) atoms. The number of pyridine rings is 1. The normalized spacial score (nSPS) is 19.9. The van der Waals surface area contributed by atoms with Crippen LogP contribution in [0.1, 0.15) is 18.4 Å². The molecule has 2 heterocycles. The average Bonchev–Trinajstić information content (AvgIpc) is 2.87. The summed E-state index contributed by atoms with van der Waals surface area (Å²) >= 11 is 5.16. The first-order chi connectivity index (χ1) is 9.25. The molecule has 0 saturated carbocycles. The first-order valence-corrected chi connectivity index (χ1v) is 7.02. The van der Waals surface area contributed by atoms with Crippen molar-refractivity contribution >= 4 is 28.1 Å². The summed E-state index contributed by atoms with van der Waals surface area (Å²) in [6.07, 6.45) is 4.09. The SMILES string of the molecule is NC(=S)C1CCCN1Cc1cccc2cccnc12. The van der Waals surface area contributed by atoms with Crippen LogP contribution >= 0.6 is 12.2 Å². The van der Waals surface area contributed by atoms with E-state index >= 15 is 0 Å². The van der Waals surface area contributed by atoms with Gasteiger partial charge < -0.3 is 5.73 Å². The molecule has 3 rings (SSSR count). The molecule has 0 radical (unpaired) electrons. The van der Waals surface area contributed by atoms with E-state index in [1.54, 1.807) is 0 Å². The zero-order valence-electron chi connectivity index (χ0n) is 10.7. The van der Waals surface area contributed by atoms with Gasteiger partial charge in [0.25, 0.3) is 0 Å². The molecular formula is C15H17N3S. The average molecular weight is 271 g/mol.